The van der Waals surface area contributed by atoms with Crippen molar-refractivity contribution < 1.29 is 19.7 Å². The highest BCUT2D eigenvalue weighted by molar-refractivity contribution is 5.95. The molecule has 3 aromatic carbocycles. The molecule has 0 heterocycles. The molecule has 32 heavy (non-hydrogen) atoms. The van der Waals surface area contributed by atoms with E-state index >= 15 is 0 Å². The summed E-state index contributed by atoms with van der Waals surface area (Å²) in [5, 5.41) is 23.9. The quantitative estimate of drug-likeness (QED) is 0.354. The third kappa shape index (κ3) is 5.66. The minimum Gasteiger partial charge on any atom is -0.508 e. The second kappa shape index (κ2) is 10.0. The largest absolute Gasteiger partial charge is 0.508 e. The van der Waals surface area contributed by atoms with Crippen LogP contribution in [0.1, 0.15) is 57.9 Å². The second-order valence-corrected chi connectivity index (χ2v) is 8.07. The molecule has 0 saturated heterocycles. The fourth-order valence-corrected chi connectivity index (χ4v) is 3.23. The highest BCUT2D eigenvalue weighted by Crippen LogP contribution is 2.31. The third-order valence-electron chi connectivity index (χ3n) is 5.15. The lowest BCUT2D eigenvalue weighted by molar-refractivity contribution is 0.0955. The molecule has 0 spiro atoms. The van der Waals surface area contributed by atoms with Gasteiger partial charge in [-0.05, 0) is 77.9 Å². The number of hydrogen-bond donors (Lipinski definition) is 3. The zero-order chi connectivity index (χ0) is 23.3. The second-order valence-electron chi connectivity index (χ2n) is 8.07. The maximum Gasteiger partial charge on any atom is 0.271 e. The molecular formula is C26H28N2O4. The van der Waals surface area contributed by atoms with E-state index in [1.165, 1.54) is 30.0 Å². The average molecular weight is 433 g/mol. The Labute approximate surface area is 188 Å². The molecule has 6 heteroatoms. The maximum absolute atomic E-state index is 12.2. The lowest BCUT2D eigenvalue weighted by Crippen LogP contribution is -2.17. The summed E-state index contributed by atoms with van der Waals surface area (Å²) in [5.74, 6) is 0.629. The molecule has 0 aliphatic rings. The first kappa shape index (κ1) is 22.9. The van der Waals surface area contributed by atoms with Crippen LogP contribution < -0.4 is 10.2 Å². The van der Waals surface area contributed by atoms with Gasteiger partial charge in [0.25, 0.3) is 5.91 Å². The number of hydrogen-bond acceptors (Lipinski definition) is 5. The summed E-state index contributed by atoms with van der Waals surface area (Å²) in [5.41, 5.74) is 7.10. The van der Waals surface area contributed by atoms with Crippen molar-refractivity contribution in [2.45, 2.75) is 40.2 Å². The van der Waals surface area contributed by atoms with Crippen molar-refractivity contribution in [3.63, 3.8) is 0 Å². The summed E-state index contributed by atoms with van der Waals surface area (Å²) in [6, 6.07) is 16.1. The van der Waals surface area contributed by atoms with Gasteiger partial charge >= 0.3 is 0 Å². The number of aryl methyl sites for hydroxylation is 2. The number of phenolic OH excluding ortho intramolecular Hbond substituents is 2. The van der Waals surface area contributed by atoms with Crippen molar-refractivity contribution >= 4 is 12.1 Å². The summed E-state index contributed by atoms with van der Waals surface area (Å²) in [4.78, 5) is 12.2. The summed E-state index contributed by atoms with van der Waals surface area (Å²) >= 11 is 0. The zero-order valence-electron chi connectivity index (χ0n) is 18.7. The fraction of sp³-hybridized carbons (Fsp3) is 0.231. The molecule has 6 nitrogen and oxygen atoms in total. The summed E-state index contributed by atoms with van der Waals surface area (Å²) in [7, 11) is 0. The molecule has 0 bridgehead atoms. The van der Waals surface area contributed by atoms with Crippen LogP contribution in [-0.4, -0.2) is 22.3 Å². The van der Waals surface area contributed by atoms with Crippen molar-refractivity contribution in [2.24, 2.45) is 5.10 Å². The zero-order valence-corrected chi connectivity index (χ0v) is 18.7. The van der Waals surface area contributed by atoms with E-state index in [2.05, 4.69) is 36.5 Å². The van der Waals surface area contributed by atoms with Crippen LogP contribution in [0.4, 0.5) is 0 Å². The van der Waals surface area contributed by atoms with E-state index < -0.39 is 5.91 Å². The molecule has 0 unspecified atom stereocenters. The molecule has 166 valence electrons. The number of nitrogens with one attached hydrogen (secondary N) is 1. The first-order chi connectivity index (χ1) is 15.2. The van der Waals surface area contributed by atoms with Gasteiger partial charge in [-0.15, -0.1) is 0 Å². The van der Waals surface area contributed by atoms with Gasteiger partial charge in [-0.25, -0.2) is 5.43 Å². The molecule has 0 atom stereocenters. The van der Waals surface area contributed by atoms with Gasteiger partial charge in [0, 0.05) is 5.56 Å². The highest BCUT2D eigenvalue weighted by atomic mass is 16.5. The number of hydrazone groups is 1. The molecule has 0 radical (unpaired) electrons. The third-order valence-corrected chi connectivity index (χ3v) is 5.15. The predicted octanol–water partition coefficient (Wildman–Crippen LogP) is 5.18. The highest BCUT2D eigenvalue weighted by Gasteiger charge is 2.10. The first-order valence-electron chi connectivity index (χ1n) is 10.4. The van der Waals surface area contributed by atoms with E-state index in [9.17, 15) is 15.0 Å². The molecule has 0 aliphatic heterocycles. The van der Waals surface area contributed by atoms with Gasteiger partial charge in [-0.1, -0.05) is 38.1 Å². The topological polar surface area (TPSA) is 91.2 Å². The summed E-state index contributed by atoms with van der Waals surface area (Å²) < 4.78 is 5.85. The minimum atomic E-state index is -0.395. The molecule has 0 aliphatic carbocycles. The maximum atomic E-state index is 12.2. The smallest absolute Gasteiger partial charge is 0.271 e. The number of aromatic hydroxyl groups is 2. The Morgan fingerprint density at radius 2 is 1.72 bits per heavy atom. The van der Waals surface area contributed by atoms with Crippen LogP contribution in [-0.2, 0) is 6.61 Å². The number of benzene rings is 3. The number of carbonyl (C=O) groups excluding carboxylic acids is 1. The van der Waals surface area contributed by atoms with Gasteiger partial charge in [-0.2, -0.15) is 5.10 Å². The molecular weight excluding hydrogens is 404 g/mol. The van der Waals surface area contributed by atoms with Crippen LogP contribution in [0, 0.1) is 13.8 Å². The number of phenols is 2. The SMILES string of the molecule is Cc1cc(C(=O)N/N=C/c2cc(C)c(OCc3ccc(C(C)C)cc3)c(O)c2)ccc1O. The first-order valence-corrected chi connectivity index (χ1v) is 10.4. The van der Waals surface area contributed by atoms with Gasteiger partial charge in [0.15, 0.2) is 11.5 Å². The fourth-order valence-electron chi connectivity index (χ4n) is 3.23. The average Bonchev–Trinajstić information content (AvgIpc) is 2.75. The molecule has 0 aromatic heterocycles. The van der Waals surface area contributed by atoms with Gasteiger partial charge in [0.2, 0.25) is 0 Å². The Kier molecular flexibility index (Phi) is 7.15. The number of nitrogens with zero attached hydrogens (tertiary/aromatic N) is 1. The van der Waals surface area contributed by atoms with E-state index in [4.69, 9.17) is 4.74 Å². The Bertz CT molecular complexity index is 1110. The van der Waals surface area contributed by atoms with Crippen molar-refractivity contribution in [1.82, 2.24) is 5.43 Å². The van der Waals surface area contributed by atoms with Crippen molar-refractivity contribution in [3.8, 4) is 17.2 Å². The van der Waals surface area contributed by atoms with Gasteiger partial charge < -0.3 is 14.9 Å². The molecule has 0 fully saturated rings. The molecule has 3 N–H and O–H groups in total. The van der Waals surface area contributed by atoms with Crippen LogP contribution >= 0.6 is 0 Å². The van der Waals surface area contributed by atoms with E-state index in [1.54, 1.807) is 13.0 Å². The molecule has 3 rings (SSSR count). The summed E-state index contributed by atoms with van der Waals surface area (Å²) in [6.07, 6.45) is 1.45. The van der Waals surface area contributed by atoms with E-state index in [1.807, 2.05) is 25.1 Å². The van der Waals surface area contributed by atoms with Crippen LogP contribution in [0.5, 0.6) is 17.2 Å². The molecule has 0 saturated carbocycles. The van der Waals surface area contributed by atoms with Crippen LogP contribution in [0.3, 0.4) is 0 Å². The standard InChI is InChI=1S/C26H28N2O4/c1-16(2)21-7-5-19(6-8-21)15-32-25-18(4)11-20(13-24(25)30)14-27-28-26(31)22-9-10-23(29)17(3)12-22/h5-14,16,29-30H,15H2,1-4H3,(H,28,31)/b27-14+. The summed E-state index contributed by atoms with van der Waals surface area (Å²) in [6.45, 7) is 8.20. The van der Waals surface area contributed by atoms with Crippen LogP contribution in [0.15, 0.2) is 59.7 Å². The van der Waals surface area contributed by atoms with Gasteiger partial charge in [-0.3, -0.25) is 4.79 Å². The van der Waals surface area contributed by atoms with Gasteiger partial charge in [0.05, 0.1) is 6.21 Å². The predicted molar refractivity (Wildman–Crippen MR) is 126 cm³/mol. The Balaban J connectivity index is 1.63. The van der Waals surface area contributed by atoms with Crippen LogP contribution in [0.25, 0.3) is 0 Å². The van der Waals surface area contributed by atoms with Gasteiger partial charge in [0.1, 0.15) is 12.4 Å². The normalized spacial score (nSPS) is 11.2. The number of ether oxygens (including phenoxy) is 1. The Morgan fingerprint density at radius 1 is 1.00 bits per heavy atom. The van der Waals surface area contributed by atoms with Crippen molar-refractivity contribution in [3.05, 3.63) is 88.0 Å². The lowest BCUT2D eigenvalue weighted by atomic mass is 10.0. The number of amides is 1. The van der Waals surface area contributed by atoms with Crippen molar-refractivity contribution in [2.75, 3.05) is 0 Å². The van der Waals surface area contributed by atoms with E-state index in [0.717, 1.165) is 11.1 Å². The Hall–Kier alpha value is -3.80. The molecule has 1 amide bonds. The molecule has 3 aromatic rings. The Morgan fingerprint density at radius 3 is 2.34 bits per heavy atom. The number of carbonyl (C=O) groups is 1. The lowest BCUT2D eigenvalue weighted by Gasteiger charge is -2.13. The monoisotopic (exact) mass is 432 g/mol. The number of rotatable bonds is 7. The minimum absolute atomic E-state index is 0.00531. The van der Waals surface area contributed by atoms with E-state index in [0.29, 0.717) is 35.0 Å². The van der Waals surface area contributed by atoms with E-state index in [-0.39, 0.29) is 11.5 Å². The van der Waals surface area contributed by atoms with Crippen LogP contribution in [0.2, 0.25) is 0 Å². The van der Waals surface area contributed by atoms with Crippen molar-refractivity contribution in [1.29, 1.82) is 0 Å².